The lowest BCUT2D eigenvalue weighted by Gasteiger charge is -2.13. The molecule has 0 saturated heterocycles. The molecule has 140 valence electrons. The van der Waals surface area contributed by atoms with E-state index in [-0.39, 0.29) is 10.8 Å². The van der Waals surface area contributed by atoms with Crippen molar-refractivity contribution >= 4 is 17.3 Å². The molecule has 0 radical (unpaired) electrons. The van der Waals surface area contributed by atoms with E-state index >= 15 is 0 Å². The van der Waals surface area contributed by atoms with Crippen LogP contribution in [0.25, 0.3) is 5.69 Å². The molecule has 5 nitrogen and oxygen atoms in total. The SMILES string of the molecule is CN(C)Cc1ccc(CNc2cnn(-c3ccccc3)c(=O)c2Cl)cc1F. The predicted octanol–water partition coefficient (Wildman–Crippen LogP) is 3.70. The molecular weight excluding hydrogens is 367 g/mol. The Bertz CT molecular complexity index is 989. The molecule has 0 amide bonds. The fraction of sp³-hybridized carbons (Fsp3) is 0.200. The zero-order valence-electron chi connectivity index (χ0n) is 15.1. The molecule has 0 spiro atoms. The average Bonchev–Trinajstić information content (AvgIpc) is 2.65. The molecule has 0 atom stereocenters. The minimum atomic E-state index is -0.416. The van der Waals surface area contributed by atoms with E-state index in [1.165, 1.54) is 16.9 Å². The van der Waals surface area contributed by atoms with Gasteiger partial charge in [-0.15, -0.1) is 0 Å². The third-order valence-electron chi connectivity index (χ3n) is 4.01. The number of rotatable bonds is 6. The first-order valence-electron chi connectivity index (χ1n) is 8.45. The topological polar surface area (TPSA) is 50.2 Å². The Morgan fingerprint density at radius 3 is 2.59 bits per heavy atom. The summed E-state index contributed by atoms with van der Waals surface area (Å²) in [4.78, 5) is 14.4. The standard InChI is InChI=1S/C20H20ClFN4O/c1-25(2)13-15-9-8-14(10-17(15)22)11-23-18-12-24-26(20(27)19(18)21)16-6-4-3-5-7-16/h3-10,12,23H,11,13H2,1-2H3. The molecule has 0 unspecified atom stereocenters. The molecular formula is C20H20ClFN4O. The molecule has 1 aromatic heterocycles. The number of benzene rings is 2. The summed E-state index contributed by atoms with van der Waals surface area (Å²) >= 11 is 6.21. The van der Waals surface area contributed by atoms with Gasteiger partial charge in [-0.3, -0.25) is 4.79 Å². The number of hydrogen-bond donors (Lipinski definition) is 1. The highest BCUT2D eigenvalue weighted by molar-refractivity contribution is 6.32. The maximum atomic E-state index is 14.2. The van der Waals surface area contributed by atoms with E-state index in [4.69, 9.17) is 11.6 Å². The van der Waals surface area contributed by atoms with Gasteiger partial charge < -0.3 is 10.2 Å². The normalized spacial score (nSPS) is 11.0. The maximum absolute atomic E-state index is 14.2. The Hall–Kier alpha value is -2.70. The molecule has 0 aliphatic carbocycles. The third kappa shape index (κ3) is 4.53. The van der Waals surface area contributed by atoms with Gasteiger partial charge in [0.05, 0.1) is 17.6 Å². The highest BCUT2D eigenvalue weighted by Crippen LogP contribution is 2.19. The van der Waals surface area contributed by atoms with Crippen molar-refractivity contribution in [2.24, 2.45) is 0 Å². The van der Waals surface area contributed by atoms with Gasteiger partial charge in [-0.05, 0) is 37.9 Å². The lowest BCUT2D eigenvalue weighted by molar-refractivity contribution is 0.392. The van der Waals surface area contributed by atoms with Crippen molar-refractivity contribution in [2.75, 3.05) is 19.4 Å². The van der Waals surface area contributed by atoms with Crippen LogP contribution in [0.5, 0.6) is 0 Å². The maximum Gasteiger partial charge on any atom is 0.292 e. The number of anilines is 1. The minimum absolute atomic E-state index is 0.0403. The number of nitrogens with zero attached hydrogens (tertiary/aromatic N) is 3. The lowest BCUT2D eigenvalue weighted by atomic mass is 10.1. The second-order valence-corrected chi connectivity index (χ2v) is 6.82. The van der Waals surface area contributed by atoms with E-state index in [1.807, 2.05) is 43.3 Å². The van der Waals surface area contributed by atoms with Crippen LogP contribution in [-0.4, -0.2) is 28.8 Å². The smallest absolute Gasteiger partial charge is 0.292 e. The molecule has 0 aliphatic rings. The van der Waals surface area contributed by atoms with Crippen LogP contribution in [0.3, 0.4) is 0 Å². The van der Waals surface area contributed by atoms with E-state index < -0.39 is 5.56 Å². The highest BCUT2D eigenvalue weighted by Gasteiger charge is 2.11. The van der Waals surface area contributed by atoms with E-state index in [2.05, 4.69) is 10.4 Å². The molecule has 0 fully saturated rings. The van der Waals surface area contributed by atoms with Crippen LogP contribution < -0.4 is 10.9 Å². The summed E-state index contributed by atoms with van der Waals surface area (Å²) in [6.07, 6.45) is 1.49. The quantitative estimate of drug-likeness (QED) is 0.701. The molecule has 3 aromatic rings. The van der Waals surface area contributed by atoms with Crippen LogP contribution in [0, 0.1) is 5.82 Å². The molecule has 1 N–H and O–H groups in total. The van der Waals surface area contributed by atoms with Crippen molar-refractivity contribution in [2.45, 2.75) is 13.1 Å². The van der Waals surface area contributed by atoms with Gasteiger partial charge in [0.2, 0.25) is 0 Å². The fourth-order valence-electron chi connectivity index (χ4n) is 2.68. The van der Waals surface area contributed by atoms with Crippen LogP contribution in [0.2, 0.25) is 5.02 Å². The Morgan fingerprint density at radius 2 is 1.93 bits per heavy atom. The Kier molecular flexibility index (Phi) is 5.88. The number of halogens is 2. The molecule has 1 heterocycles. The fourth-order valence-corrected chi connectivity index (χ4v) is 2.87. The van der Waals surface area contributed by atoms with Gasteiger partial charge in [0, 0.05) is 18.7 Å². The Morgan fingerprint density at radius 1 is 1.19 bits per heavy atom. The van der Waals surface area contributed by atoms with E-state index in [0.717, 1.165) is 5.56 Å². The minimum Gasteiger partial charge on any atom is -0.378 e. The largest absolute Gasteiger partial charge is 0.378 e. The van der Waals surface area contributed by atoms with Gasteiger partial charge in [-0.25, -0.2) is 4.39 Å². The van der Waals surface area contributed by atoms with Gasteiger partial charge >= 0.3 is 0 Å². The summed E-state index contributed by atoms with van der Waals surface area (Å²) in [5.41, 5.74) is 2.01. The van der Waals surface area contributed by atoms with Gasteiger partial charge in [0.1, 0.15) is 10.8 Å². The van der Waals surface area contributed by atoms with Crippen molar-refractivity contribution in [3.05, 3.63) is 87.0 Å². The van der Waals surface area contributed by atoms with E-state index in [9.17, 15) is 9.18 Å². The summed E-state index contributed by atoms with van der Waals surface area (Å²) in [5.74, 6) is -0.258. The summed E-state index contributed by atoms with van der Waals surface area (Å²) in [6, 6.07) is 14.1. The number of para-hydroxylation sites is 1. The van der Waals surface area contributed by atoms with E-state index in [0.29, 0.717) is 30.0 Å². The molecule has 27 heavy (non-hydrogen) atoms. The molecule has 0 bridgehead atoms. The summed E-state index contributed by atoms with van der Waals surface area (Å²) in [6.45, 7) is 0.863. The average molecular weight is 387 g/mol. The molecule has 2 aromatic carbocycles. The Balaban J connectivity index is 1.76. The van der Waals surface area contributed by atoms with Gasteiger partial charge in [0.25, 0.3) is 5.56 Å². The van der Waals surface area contributed by atoms with Crippen molar-refractivity contribution < 1.29 is 4.39 Å². The van der Waals surface area contributed by atoms with Crippen molar-refractivity contribution in [3.8, 4) is 5.69 Å². The van der Waals surface area contributed by atoms with Gasteiger partial charge in [0.15, 0.2) is 0 Å². The molecule has 0 saturated carbocycles. The van der Waals surface area contributed by atoms with E-state index in [1.54, 1.807) is 18.2 Å². The summed E-state index contributed by atoms with van der Waals surface area (Å²) in [7, 11) is 3.78. The van der Waals surface area contributed by atoms with Crippen molar-refractivity contribution in [1.29, 1.82) is 0 Å². The molecule has 7 heteroatoms. The molecule has 3 rings (SSSR count). The van der Waals surface area contributed by atoms with Gasteiger partial charge in [-0.1, -0.05) is 41.9 Å². The summed E-state index contributed by atoms with van der Waals surface area (Å²) < 4.78 is 15.4. The number of nitrogens with one attached hydrogen (secondary N) is 1. The second kappa shape index (κ2) is 8.33. The van der Waals surface area contributed by atoms with Crippen molar-refractivity contribution in [1.82, 2.24) is 14.7 Å². The van der Waals surface area contributed by atoms with Crippen LogP contribution >= 0.6 is 11.6 Å². The first-order valence-corrected chi connectivity index (χ1v) is 8.82. The van der Waals surface area contributed by atoms with Crippen LogP contribution in [0.4, 0.5) is 10.1 Å². The third-order valence-corrected chi connectivity index (χ3v) is 4.37. The number of aromatic nitrogens is 2. The lowest BCUT2D eigenvalue weighted by Crippen LogP contribution is -2.22. The van der Waals surface area contributed by atoms with Crippen LogP contribution in [0.15, 0.2) is 59.5 Å². The first-order chi connectivity index (χ1) is 13.0. The monoisotopic (exact) mass is 386 g/mol. The Labute approximate surface area is 162 Å². The molecule has 0 aliphatic heterocycles. The second-order valence-electron chi connectivity index (χ2n) is 6.44. The zero-order valence-corrected chi connectivity index (χ0v) is 15.9. The zero-order chi connectivity index (χ0) is 19.4. The first kappa shape index (κ1) is 19.1. The highest BCUT2D eigenvalue weighted by atomic mass is 35.5. The van der Waals surface area contributed by atoms with Gasteiger partial charge in [-0.2, -0.15) is 9.78 Å². The van der Waals surface area contributed by atoms with Crippen molar-refractivity contribution in [3.63, 3.8) is 0 Å². The predicted molar refractivity (Wildman–Crippen MR) is 106 cm³/mol. The number of hydrogen-bond acceptors (Lipinski definition) is 4. The van der Waals surface area contributed by atoms with Crippen LogP contribution in [0.1, 0.15) is 11.1 Å². The summed E-state index contributed by atoms with van der Waals surface area (Å²) in [5, 5.41) is 7.26. The van der Waals surface area contributed by atoms with Crippen LogP contribution in [-0.2, 0) is 13.1 Å².